The van der Waals surface area contributed by atoms with E-state index in [4.69, 9.17) is 19.3 Å². The molecule has 1 saturated heterocycles. The van der Waals surface area contributed by atoms with Crippen molar-refractivity contribution in [2.75, 3.05) is 33.4 Å². The number of carbonyl (C=O) groups excluding carboxylic acids is 3. The van der Waals surface area contributed by atoms with Gasteiger partial charge in [0.25, 0.3) is 5.91 Å². The third kappa shape index (κ3) is 4.72. The average Bonchev–Trinajstić information content (AvgIpc) is 3.53. The number of furan rings is 1. The molecule has 0 aliphatic carbocycles. The third-order valence-electron chi connectivity index (χ3n) is 5.67. The number of methoxy groups -OCH3 is 1. The summed E-state index contributed by atoms with van der Waals surface area (Å²) in [4.78, 5) is 42.6. The topological polar surface area (TPSA) is 138 Å². The number of hydrogen-bond acceptors (Lipinski definition) is 9. The van der Waals surface area contributed by atoms with Crippen molar-refractivity contribution in [3.05, 3.63) is 53.3 Å². The van der Waals surface area contributed by atoms with Crippen LogP contribution in [0.1, 0.15) is 22.5 Å². The Balaban J connectivity index is 1.31. The van der Waals surface area contributed by atoms with Gasteiger partial charge in [-0.1, -0.05) is 12.1 Å². The Morgan fingerprint density at radius 1 is 1.17 bits per heavy atom. The van der Waals surface area contributed by atoms with Crippen molar-refractivity contribution >= 4 is 51.7 Å². The van der Waals surface area contributed by atoms with Gasteiger partial charge in [-0.05, 0) is 42.1 Å². The molecule has 3 aliphatic rings. The number of hydrazone groups is 1. The minimum atomic E-state index is -0.588. The molecule has 1 N–H and O–H groups in total. The van der Waals surface area contributed by atoms with Crippen molar-refractivity contribution in [2.45, 2.75) is 6.42 Å². The van der Waals surface area contributed by atoms with Gasteiger partial charge in [-0.3, -0.25) is 15.0 Å². The van der Waals surface area contributed by atoms with Gasteiger partial charge < -0.3 is 18.8 Å². The molecule has 2 amide bonds. The van der Waals surface area contributed by atoms with Gasteiger partial charge in [0, 0.05) is 18.7 Å². The lowest BCUT2D eigenvalue weighted by Gasteiger charge is -2.26. The molecule has 0 radical (unpaired) electrons. The number of nitrogens with zero attached hydrogens (tertiary/aromatic N) is 4. The summed E-state index contributed by atoms with van der Waals surface area (Å²) in [6, 6.07) is 10.1. The summed E-state index contributed by atoms with van der Waals surface area (Å²) in [7, 11) is 1.32. The highest BCUT2D eigenvalue weighted by atomic mass is 32.2. The molecule has 11 nitrogen and oxygen atoms in total. The monoisotopic (exact) mass is 507 g/mol. The number of amides is 2. The van der Waals surface area contributed by atoms with Crippen LogP contribution < -0.4 is 0 Å². The Bertz CT molecular complexity index is 1340. The second kappa shape index (κ2) is 9.91. The van der Waals surface area contributed by atoms with E-state index >= 15 is 0 Å². The first-order valence-corrected chi connectivity index (χ1v) is 11.9. The van der Waals surface area contributed by atoms with Gasteiger partial charge in [-0.25, -0.2) is 4.79 Å². The first-order chi connectivity index (χ1) is 17.4. The summed E-state index contributed by atoms with van der Waals surface area (Å²) >= 11 is 1.11. The lowest BCUT2D eigenvalue weighted by molar-refractivity contribution is -0.133. The molecule has 0 saturated carbocycles. The van der Waals surface area contributed by atoms with Crippen molar-refractivity contribution in [2.24, 2.45) is 10.1 Å². The normalized spacial score (nSPS) is 18.8. The third-order valence-corrected chi connectivity index (χ3v) is 6.57. The van der Waals surface area contributed by atoms with Crippen molar-refractivity contribution in [1.82, 2.24) is 9.91 Å². The molecule has 2 aromatic rings. The van der Waals surface area contributed by atoms with E-state index in [0.29, 0.717) is 48.4 Å². The Morgan fingerprint density at radius 3 is 2.64 bits per heavy atom. The van der Waals surface area contributed by atoms with E-state index in [1.54, 1.807) is 41.3 Å². The number of rotatable bonds is 5. The Morgan fingerprint density at radius 2 is 1.92 bits per heavy atom. The molecule has 0 spiro atoms. The number of thioether (sulfide) groups is 1. The van der Waals surface area contributed by atoms with Crippen LogP contribution in [-0.4, -0.2) is 77.2 Å². The van der Waals surface area contributed by atoms with Crippen molar-refractivity contribution < 1.29 is 28.3 Å². The van der Waals surface area contributed by atoms with Crippen molar-refractivity contribution in [3.63, 3.8) is 0 Å². The van der Waals surface area contributed by atoms with E-state index in [0.717, 1.165) is 17.3 Å². The maximum absolute atomic E-state index is 12.7. The molecule has 1 fully saturated rings. The highest BCUT2D eigenvalue weighted by molar-refractivity contribution is 8.27. The molecule has 1 aromatic heterocycles. The van der Waals surface area contributed by atoms with Gasteiger partial charge in [0.15, 0.2) is 5.84 Å². The van der Waals surface area contributed by atoms with Gasteiger partial charge in [-0.2, -0.15) is 15.1 Å². The lowest BCUT2D eigenvalue weighted by Crippen LogP contribution is -2.41. The lowest BCUT2D eigenvalue weighted by atomic mass is 10.1. The average molecular weight is 508 g/mol. The second-order valence-corrected chi connectivity index (χ2v) is 9.00. The van der Waals surface area contributed by atoms with Crippen molar-refractivity contribution in [1.29, 1.82) is 5.41 Å². The molecule has 0 atom stereocenters. The number of carbonyl (C=O) groups is 3. The first kappa shape index (κ1) is 23.7. The van der Waals surface area contributed by atoms with Gasteiger partial charge in [0.05, 0.1) is 37.9 Å². The summed E-state index contributed by atoms with van der Waals surface area (Å²) in [5.74, 6) is -0.372. The van der Waals surface area contributed by atoms with Crippen molar-refractivity contribution in [3.8, 4) is 11.3 Å². The summed E-state index contributed by atoms with van der Waals surface area (Å²) in [5.41, 5.74) is 1.17. The van der Waals surface area contributed by atoms with E-state index in [1.165, 1.54) is 18.2 Å². The molecule has 184 valence electrons. The van der Waals surface area contributed by atoms with Crippen LogP contribution in [0.15, 0.2) is 56.5 Å². The number of amidine groups is 2. The highest BCUT2D eigenvalue weighted by Gasteiger charge is 2.36. The SMILES string of the molecule is COC(=O)c1ccc(-c2ccc(C=C3C(=N)N4N=C(CC(=O)N5CCOCC5)SC4=NC3=O)o2)cc1. The molecule has 1 aromatic carbocycles. The molecule has 0 bridgehead atoms. The Kier molecular flexibility index (Phi) is 6.53. The summed E-state index contributed by atoms with van der Waals surface area (Å²) in [6.07, 6.45) is 1.51. The number of nitrogens with one attached hydrogen (secondary N) is 1. The molecule has 36 heavy (non-hydrogen) atoms. The second-order valence-electron chi connectivity index (χ2n) is 7.95. The van der Waals surface area contributed by atoms with Crippen LogP contribution >= 0.6 is 11.8 Å². The largest absolute Gasteiger partial charge is 0.465 e. The molecule has 4 heterocycles. The molecule has 3 aliphatic heterocycles. The molecular formula is C24H21N5O6S. The minimum Gasteiger partial charge on any atom is -0.465 e. The van der Waals surface area contributed by atoms with Crippen LogP contribution in [-0.2, 0) is 19.1 Å². The number of morpholine rings is 1. The summed E-state index contributed by atoms with van der Waals surface area (Å²) in [5, 5.41) is 14.8. The van der Waals surface area contributed by atoms with Gasteiger partial charge >= 0.3 is 5.97 Å². The van der Waals surface area contributed by atoms with Crippen LogP contribution in [0, 0.1) is 5.41 Å². The minimum absolute atomic E-state index is 0.0193. The van der Waals surface area contributed by atoms with E-state index in [9.17, 15) is 14.4 Å². The number of esters is 1. The highest BCUT2D eigenvalue weighted by Crippen LogP contribution is 2.31. The zero-order chi connectivity index (χ0) is 25.2. The van der Waals surface area contributed by atoms with Crippen LogP contribution in [0.4, 0.5) is 0 Å². The number of aliphatic imine (C=N–C) groups is 1. The number of fused-ring (bicyclic) bond motifs is 1. The van der Waals surface area contributed by atoms with Gasteiger partial charge in [-0.15, -0.1) is 0 Å². The van der Waals surface area contributed by atoms with Crippen LogP contribution in [0.2, 0.25) is 0 Å². The Hall–Kier alpha value is -4.03. The zero-order valence-corrected chi connectivity index (χ0v) is 20.0. The fraction of sp³-hybridized carbons (Fsp3) is 0.250. The summed E-state index contributed by atoms with van der Waals surface area (Å²) < 4.78 is 15.8. The molecular weight excluding hydrogens is 486 g/mol. The maximum atomic E-state index is 12.7. The molecule has 0 unspecified atom stereocenters. The van der Waals surface area contributed by atoms with E-state index in [1.807, 2.05) is 0 Å². The van der Waals surface area contributed by atoms with Gasteiger partial charge in [0.1, 0.15) is 16.6 Å². The quantitative estimate of drug-likeness (QED) is 0.482. The van der Waals surface area contributed by atoms with Gasteiger partial charge in [0.2, 0.25) is 11.1 Å². The predicted octanol–water partition coefficient (Wildman–Crippen LogP) is 2.60. The standard InChI is InChI=1S/C24H21N5O6S/c1-33-23(32)15-4-2-14(3-5-15)18-7-6-16(35-18)12-17-21(25)29-24(26-22(17)31)36-19(27-29)13-20(30)28-8-10-34-11-9-28/h2-7,12,25H,8-11,13H2,1H3. The van der Waals surface area contributed by atoms with Crippen LogP contribution in [0.5, 0.6) is 0 Å². The molecule has 5 rings (SSSR count). The van der Waals surface area contributed by atoms with E-state index in [2.05, 4.69) is 10.1 Å². The number of benzene rings is 1. The fourth-order valence-corrected chi connectivity index (χ4v) is 4.65. The first-order valence-electron chi connectivity index (χ1n) is 11.1. The summed E-state index contributed by atoms with van der Waals surface area (Å²) in [6.45, 7) is 2.07. The fourth-order valence-electron chi connectivity index (χ4n) is 3.77. The predicted molar refractivity (Wildman–Crippen MR) is 133 cm³/mol. The zero-order valence-electron chi connectivity index (χ0n) is 19.2. The number of ether oxygens (including phenoxy) is 2. The smallest absolute Gasteiger partial charge is 0.337 e. The Labute approximate surface area is 209 Å². The maximum Gasteiger partial charge on any atom is 0.337 e. The van der Waals surface area contributed by atoms with Crippen LogP contribution in [0.25, 0.3) is 17.4 Å². The molecule has 12 heteroatoms. The van der Waals surface area contributed by atoms with Crippen LogP contribution in [0.3, 0.4) is 0 Å². The van der Waals surface area contributed by atoms with E-state index < -0.39 is 11.9 Å². The number of hydrogen-bond donors (Lipinski definition) is 1. The van der Waals surface area contributed by atoms with E-state index in [-0.39, 0.29) is 28.9 Å².